The van der Waals surface area contributed by atoms with Crippen LogP contribution in [0.2, 0.25) is 0 Å². The number of hydrogen-bond acceptors (Lipinski definition) is 4. The van der Waals surface area contributed by atoms with Crippen LogP contribution in [0.1, 0.15) is 30.6 Å². The van der Waals surface area contributed by atoms with Gasteiger partial charge in [-0.2, -0.15) is 0 Å². The van der Waals surface area contributed by atoms with Gasteiger partial charge in [0.1, 0.15) is 5.82 Å². The minimum atomic E-state index is -0.951. The molecule has 1 heterocycles. The molecule has 0 unspecified atom stereocenters. The fourth-order valence-electron chi connectivity index (χ4n) is 1.43. The zero-order valence-electron chi connectivity index (χ0n) is 11.2. The molecule has 0 amide bonds. The van der Waals surface area contributed by atoms with Gasteiger partial charge in [-0.05, 0) is 46.0 Å². The number of carbonyl (C=O) groups is 1. The SMILES string of the molecule is CC(C)N(C)CCCNc1ccc(C(=O)O)cn1. The van der Waals surface area contributed by atoms with Crippen molar-refractivity contribution in [3.8, 4) is 0 Å². The Hall–Kier alpha value is -1.62. The highest BCUT2D eigenvalue weighted by Gasteiger charge is 2.03. The van der Waals surface area contributed by atoms with Crippen molar-refractivity contribution in [1.82, 2.24) is 9.88 Å². The van der Waals surface area contributed by atoms with Crippen molar-refractivity contribution < 1.29 is 9.90 Å². The van der Waals surface area contributed by atoms with E-state index in [4.69, 9.17) is 5.11 Å². The quantitative estimate of drug-likeness (QED) is 0.725. The zero-order chi connectivity index (χ0) is 13.5. The standard InChI is InChI=1S/C13H21N3O2/c1-10(2)16(3)8-4-7-14-12-6-5-11(9-15-12)13(17)18/h5-6,9-10H,4,7-8H2,1-3H3,(H,14,15)(H,17,18). The Kier molecular flexibility index (Phi) is 5.58. The number of nitrogens with zero attached hydrogens (tertiary/aromatic N) is 2. The minimum absolute atomic E-state index is 0.208. The van der Waals surface area contributed by atoms with Gasteiger partial charge < -0.3 is 15.3 Å². The maximum Gasteiger partial charge on any atom is 0.337 e. The molecule has 0 aromatic carbocycles. The van der Waals surface area contributed by atoms with Gasteiger partial charge in [0, 0.05) is 18.8 Å². The summed E-state index contributed by atoms with van der Waals surface area (Å²) in [6.07, 6.45) is 2.39. The highest BCUT2D eigenvalue weighted by molar-refractivity contribution is 5.87. The number of nitrogens with one attached hydrogen (secondary N) is 1. The van der Waals surface area contributed by atoms with Crippen LogP contribution in [0, 0.1) is 0 Å². The first-order chi connectivity index (χ1) is 8.50. The third-order valence-corrected chi connectivity index (χ3v) is 2.89. The second-order valence-electron chi connectivity index (χ2n) is 4.59. The summed E-state index contributed by atoms with van der Waals surface area (Å²) in [6.45, 7) is 6.19. The lowest BCUT2D eigenvalue weighted by Gasteiger charge is -2.20. The molecule has 5 heteroatoms. The number of hydrogen-bond donors (Lipinski definition) is 2. The van der Waals surface area contributed by atoms with Crippen molar-refractivity contribution in [3.05, 3.63) is 23.9 Å². The molecule has 1 aromatic heterocycles. The summed E-state index contributed by atoms with van der Waals surface area (Å²) < 4.78 is 0. The van der Waals surface area contributed by atoms with Gasteiger partial charge in [-0.15, -0.1) is 0 Å². The summed E-state index contributed by atoms with van der Waals surface area (Å²) in [4.78, 5) is 17.0. The summed E-state index contributed by atoms with van der Waals surface area (Å²) in [7, 11) is 2.10. The topological polar surface area (TPSA) is 65.5 Å². The lowest BCUT2D eigenvalue weighted by atomic mass is 10.3. The highest BCUT2D eigenvalue weighted by atomic mass is 16.4. The fraction of sp³-hybridized carbons (Fsp3) is 0.538. The minimum Gasteiger partial charge on any atom is -0.478 e. The van der Waals surface area contributed by atoms with Crippen molar-refractivity contribution in [2.75, 3.05) is 25.5 Å². The van der Waals surface area contributed by atoms with Crippen LogP contribution in [0.5, 0.6) is 0 Å². The molecule has 0 spiro atoms. The summed E-state index contributed by atoms with van der Waals surface area (Å²) in [5, 5.41) is 11.9. The number of rotatable bonds is 7. The van der Waals surface area contributed by atoms with Crippen LogP contribution in [0.3, 0.4) is 0 Å². The lowest BCUT2D eigenvalue weighted by molar-refractivity contribution is 0.0696. The number of carboxylic acids is 1. The molecule has 0 aliphatic carbocycles. The van der Waals surface area contributed by atoms with E-state index >= 15 is 0 Å². The third-order valence-electron chi connectivity index (χ3n) is 2.89. The molecule has 0 saturated heterocycles. The summed E-state index contributed by atoms with van der Waals surface area (Å²) in [6, 6.07) is 3.80. The molecule has 0 aliphatic heterocycles. The first kappa shape index (κ1) is 14.4. The Labute approximate surface area is 108 Å². The second kappa shape index (κ2) is 6.96. The number of aromatic carboxylic acids is 1. The first-order valence-electron chi connectivity index (χ1n) is 6.14. The van der Waals surface area contributed by atoms with Crippen LogP contribution in [-0.2, 0) is 0 Å². The van der Waals surface area contributed by atoms with Gasteiger partial charge in [0.05, 0.1) is 5.56 Å². The first-order valence-corrected chi connectivity index (χ1v) is 6.14. The van der Waals surface area contributed by atoms with Crippen LogP contribution in [0.15, 0.2) is 18.3 Å². The van der Waals surface area contributed by atoms with Crippen molar-refractivity contribution in [1.29, 1.82) is 0 Å². The molecule has 0 saturated carbocycles. The van der Waals surface area contributed by atoms with E-state index in [0.717, 1.165) is 19.5 Å². The molecule has 5 nitrogen and oxygen atoms in total. The number of carboxylic acid groups (broad SMARTS) is 1. The van der Waals surface area contributed by atoms with Crippen LogP contribution >= 0.6 is 0 Å². The van der Waals surface area contributed by atoms with Crippen LogP contribution in [-0.4, -0.2) is 47.1 Å². The molecular weight excluding hydrogens is 230 g/mol. The normalized spacial score (nSPS) is 10.9. The number of pyridine rings is 1. The smallest absolute Gasteiger partial charge is 0.337 e. The Morgan fingerprint density at radius 1 is 1.50 bits per heavy atom. The monoisotopic (exact) mass is 251 g/mol. The van der Waals surface area contributed by atoms with Crippen LogP contribution < -0.4 is 5.32 Å². The molecule has 18 heavy (non-hydrogen) atoms. The van der Waals surface area contributed by atoms with Gasteiger partial charge in [-0.1, -0.05) is 0 Å². The molecule has 0 aliphatic rings. The maximum atomic E-state index is 10.6. The van der Waals surface area contributed by atoms with Crippen LogP contribution in [0.25, 0.3) is 0 Å². The number of aromatic nitrogens is 1. The van der Waals surface area contributed by atoms with Crippen molar-refractivity contribution in [2.45, 2.75) is 26.3 Å². The lowest BCUT2D eigenvalue weighted by Crippen LogP contribution is -2.28. The molecule has 0 radical (unpaired) electrons. The van der Waals surface area contributed by atoms with Gasteiger partial charge in [-0.3, -0.25) is 0 Å². The van der Waals surface area contributed by atoms with Crippen LogP contribution in [0.4, 0.5) is 5.82 Å². The summed E-state index contributed by atoms with van der Waals surface area (Å²) in [5.41, 5.74) is 0.208. The highest BCUT2D eigenvalue weighted by Crippen LogP contribution is 2.05. The fourth-order valence-corrected chi connectivity index (χ4v) is 1.43. The van der Waals surface area contributed by atoms with Crippen molar-refractivity contribution in [3.63, 3.8) is 0 Å². The molecule has 0 bridgehead atoms. The molecule has 2 N–H and O–H groups in total. The predicted molar refractivity (Wildman–Crippen MR) is 72.1 cm³/mol. The van der Waals surface area contributed by atoms with E-state index in [-0.39, 0.29) is 5.56 Å². The Balaban J connectivity index is 2.29. The average Bonchev–Trinajstić information content (AvgIpc) is 2.34. The summed E-state index contributed by atoms with van der Waals surface area (Å²) in [5.74, 6) is -0.236. The van der Waals surface area contributed by atoms with E-state index in [2.05, 4.69) is 36.1 Å². The van der Waals surface area contributed by atoms with Crippen molar-refractivity contribution >= 4 is 11.8 Å². The van der Waals surface area contributed by atoms with Gasteiger partial charge in [0.25, 0.3) is 0 Å². The van der Waals surface area contributed by atoms with Gasteiger partial charge in [0.15, 0.2) is 0 Å². The van der Waals surface area contributed by atoms with E-state index in [0.29, 0.717) is 11.9 Å². The maximum absolute atomic E-state index is 10.6. The molecule has 0 fully saturated rings. The van der Waals surface area contributed by atoms with E-state index < -0.39 is 5.97 Å². The van der Waals surface area contributed by atoms with E-state index in [9.17, 15) is 4.79 Å². The van der Waals surface area contributed by atoms with E-state index in [1.54, 1.807) is 12.1 Å². The second-order valence-corrected chi connectivity index (χ2v) is 4.59. The van der Waals surface area contributed by atoms with E-state index in [1.165, 1.54) is 6.20 Å². The largest absolute Gasteiger partial charge is 0.478 e. The molecular formula is C13H21N3O2. The molecule has 1 rings (SSSR count). The van der Waals surface area contributed by atoms with Gasteiger partial charge in [-0.25, -0.2) is 9.78 Å². The average molecular weight is 251 g/mol. The van der Waals surface area contributed by atoms with E-state index in [1.807, 2.05) is 0 Å². The summed E-state index contributed by atoms with van der Waals surface area (Å²) >= 11 is 0. The molecule has 1 aromatic rings. The molecule has 100 valence electrons. The number of anilines is 1. The Morgan fingerprint density at radius 2 is 2.22 bits per heavy atom. The zero-order valence-corrected chi connectivity index (χ0v) is 11.2. The third kappa shape index (κ3) is 4.71. The van der Waals surface area contributed by atoms with Gasteiger partial charge in [0.2, 0.25) is 0 Å². The molecule has 0 atom stereocenters. The predicted octanol–water partition coefficient (Wildman–Crippen LogP) is 1.92. The Morgan fingerprint density at radius 3 is 2.72 bits per heavy atom. The Bertz CT molecular complexity index is 376. The van der Waals surface area contributed by atoms with Gasteiger partial charge >= 0.3 is 5.97 Å². The van der Waals surface area contributed by atoms with Crippen molar-refractivity contribution in [2.24, 2.45) is 0 Å².